The van der Waals surface area contributed by atoms with E-state index >= 15 is 0 Å². The van der Waals surface area contributed by atoms with Crippen LogP contribution < -0.4 is 5.32 Å². The number of hydrogen-bond donors (Lipinski definition) is 1. The summed E-state index contributed by atoms with van der Waals surface area (Å²) < 4.78 is 5.65. The highest BCUT2D eigenvalue weighted by Gasteiger charge is 2.20. The molecule has 26 heavy (non-hydrogen) atoms. The molecule has 1 unspecified atom stereocenters. The summed E-state index contributed by atoms with van der Waals surface area (Å²) in [7, 11) is 0. The van der Waals surface area contributed by atoms with E-state index in [0.29, 0.717) is 16.1 Å². The third-order valence-corrected chi connectivity index (χ3v) is 5.06. The molecule has 1 amide bonds. The Kier molecular flexibility index (Phi) is 5.64. The van der Waals surface area contributed by atoms with Gasteiger partial charge >= 0.3 is 0 Å². The summed E-state index contributed by atoms with van der Waals surface area (Å²) in [4.78, 5) is 12.5. The lowest BCUT2D eigenvalue weighted by molar-refractivity contribution is -0.115. The number of carbonyl (C=O) groups excluding carboxylic acids is 1. The van der Waals surface area contributed by atoms with Crippen LogP contribution in [0.3, 0.4) is 0 Å². The molecule has 0 radical (unpaired) electrons. The van der Waals surface area contributed by atoms with E-state index in [9.17, 15) is 4.79 Å². The van der Waals surface area contributed by atoms with Crippen molar-refractivity contribution in [3.8, 4) is 11.5 Å². The van der Waals surface area contributed by atoms with E-state index in [2.05, 4.69) is 15.5 Å². The molecule has 0 saturated carbocycles. The lowest BCUT2D eigenvalue weighted by atomic mass is 10.1. The fourth-order valence-corrected chi connectivity index (χ4v) is 3.22. The van der Waals surface area contributed by atoms with Gasteiger partial charge in [-0.3, -0.25) is 4.79 Å². The summed E-state index contributed by atoms with van der Waals surface area (Å²) in [6.45, 7) is 5.74. The number of para-hydroxylation sites is 1. The summed E-state index contributed by atoms with van der Waals surface area (Å²) in [5, 5.41) is 11.6. The van der Waals surface area contributed by atoms with Crippen molar-refractivity contribution in [3.63, 3.8) is 0 Å². The van der Waals surface area contributed by atoms with Gasteiger partial charge in [-0.1, -0.05) is 41.6 Å². The van der Waals surface area contributed by atoms with Crippen molar-refractivity contribution in [3.05, 3.63) is 58.6 Å². The average Bonchev–Trinajstić information content (AvgIpc) is 3.07. The number of halogens is 1. The second kappa shape index (κ2) is 7.93. The number of carbonyl (C=O) groups is 1. The predicted molar refractivity (Wildman–Crippen MR) is 105 cm³/mol. The number of nitrogens with one attached hydrogen (secondary N) is 1. The summed E-state index contributed by atoms with van der Waals surface area (Å²) in [5.41, 5.74) is 3.68. The van der Waals surface area contributed by atoms with E-state index < -0.39 is 0 Å². The summed E-state index contributed by atoms with van der Waals surface area (Å²) in [6.07, 6.45) is 0. The molecular weight excluding hydrogens is 370 g/mol. The van der Waals surface area contributed by atoms with E-state index in [1.807, 2.05) is 32.0 Å². The number of thioether (sulfide) groups is 1. The Hall–Kier alpha value is -2.31. The van der Waals surface area contributed by atoms with Crippen molar-refractivity contribution in [1.82, 2.24) is 10.2 Å². The van der Waals surface area contributed by atoms with Crippen LogP contribution in [-0.2, 0) is 4.79 Å². The van der Waals surface area contributed by atoms with Crippen LogP contribution in [-0.4, -0.2) is 21.4 Å². The second-order valence-corrected chi connectivity index (χ2v) is 7.62. The SMILES string of the molecule is Cc1cccc(C)c1NC(=O)C(C)Sc1nnc(-c2ccc(Cl)cc2)o1. The molecule has 0 aliphatic carbocycles. The van der Waals surface area contributed by atoms with Gasteiger partial charge < -0.3 is 9.73 Å². The molecule has 0 aliphatic heterocycles. The van der Waals surface area contributed by atoms with Crippen molar-refractivity contribution in [2.75, 3.05) is 5.32 Å². The molecule has 1 heterocycles. The summed E-state index contributed by atoms with van der Waals surface area (Å²) in [5.74, 6) is 0.283. The minimum absolute atomic E-state index is 0.112. The zero-order valence-electron chi connectivity index (χ0n) is 14.6. The minimum Gasteiger partial charge on any atom is -0.411 e. The first-order valence-corrected chi connectivity index (χ1v) is 9.33. The summed E-state index contributed by atoms with van der Waals surface area (Å²) in [6, 6.07) is 13.0. The molecule has 1 atom stereocenters. The number of amides is 1. The number of anilines is 1. The molecule has 0 saturated heterocycles. The Labute approximate surface area is 161 Å². The molecular formula is C19H18ClN3O2S. The molecule has 0 fully saturated rings. The standard InChI is InChI=1S/C19H18ClN3O2S/c1-11-5-4-6-12(2)16(11)21-17(24)13(3)26-19-23-22-18(25-19)14-7-9-15(20)10-8-14/h4-10,13H,1-3H3,(H,21,24). The normalized spacial score (nSPS) is 12.0. The van der Waals surface area contributed by atoms with Crippen LogP contribution in [0.5, 0.6) is 0 Å². The lowest BCUT2D eigenvalue weighted by Crippen LogP contribution is -2.23. The minimum atomic E-state index is -0.382. The predicted octanol–water partition coefficient (Wildman–Crippen LogP) is 5.13. The van der Waals surface area contributed by atoms with E-state index in [4.69, 9.17) is 16.0 Å². The third-order valence-electron chi connectivity index (χ3n) is 3.87. The van der Waals surface area contributed by atoms with Gasteiger partial charge in [0.2, 0.25) is 11.8 Å². The molecule has 134 valence electrons. The quantitative estimate of drug-likeness (QED) is 0.615. The Balaban J connectivity index is 1.67. The van der Waals surface area contributed by atoms with E-state index in [1.165, 1.54) is 11.8 Å². The smallest absolute Gasteiger partial charge is 0.277 e. The number of aromatic nitrogens is 2. The maximum atomic E-state index is 12.5. The molecule has 0 spiro atoms. The van der Waals surface area contributed by atoms with Gasteiger partial charge in [0.25, 0.3) is 5.22 Å². The Morgan fingerprint density at radius 1 is 1.12 bits per heavy atom. The van der Waals surface area contributed by atoms with Crippen LogP contribution in [0.2, 0.25) is 5.02 Å². The molecule has 0 aliphatic rings. The Morgan fingerprint density at radius 2 is 1.77 bits per heavy atom. The number of aryl methyl sites for hydroxylation is 2. The van der Waals surface area contributed by atoms with Gasteiger partial charge in [0.15, 0.2) is 0 Å². The number of nitrogens with zero attached hydrogens (tertiary/aromatic N) is 2. The maximum Gasteiger partial charge on any atom is 0.277 e. The molecule has 1 N–H and O–H groups in total. The van der Waals surface area contributed by atoms with Gasteiger partial charge in [-0.05, 0) is 56.2 Å². The van der Waals surface area contributed by atoms with Gasteiger partial charge in [-0.25, -0.2) is 0 Å². The van der Waals surface area contributed by atoms with Gasteiger partial charge in [0.05, 0.1) is 5.25 Å². The Bertz CT molecular complexity index is 905. The number of benzene rings is 2. The lowest BCUT2D eigenvalue weighted by Gasteiger charge is -2.14. The van der Waals surface area contributed by atoms with Crippen LogP contribution in [0.4, 0.5) is 5.69 Å². The van der Waals surface area contributed by atoms with Gasteiger partial charge in [-0.15, -0.1) is 10.2 Å². The van der Waals surface area contributed by atoms with Crippen LogP contribution in [0, 0.1) is 13.8 Å². The molecule has 7 heteroatoms. The maximum absolute atomic E-state index is 12.5. The zero-order valence-corrected chi connectivity index (χ0v) is 16.2. The molecule has 3 aromatic rings. The number of rotatable bonds is 5. The Morgan fingerprint density at radius 3 is 2.42 bits per heavy atom. The van der Waals surface area contributed by atoms with E-state index in [-0.39, 0.29) is 11.2 Å². The molecule has 2 aromatic carbocycles. The highest BCUT2D eigenvalue weighted by Crippen LogP contribution is 2.28. The van der Waals surface area contributed by atoms with Crippen molar-refractivity contribution < 1.29 is 9.21 Å². The first-order valence-electron chi connectivity index (χ1n) is 8.07. The molecule has 0 bridgehead atoms. The monoisotopic (exact) mass is 387 g/mol. The first kappa shape index (κ1) is 18.5. The highest BCUT2D eigenvalue weighted by atomic mass is 35.5. The topological polar surface area (TPSA) is 68.0 Å². The average molecular weight is 388 g/mol. The van der Waals surface area contributed by atoms with Gasteiger partial charge in [0.1, 0.15) is 0 Å². The van der Waals surface area contributed by atoms with E-state index in [1.54, 1.807) is 31.2 Å². The van der Waals surface area contributed by atoms with Crippen LogP contribution in [0.25, 0.3) is 11.5 Å². The van der Waals surface area contributed by atoms with Crippen molar-refractivity contribution >= 4 is 35.0 Å². The van der Waals surface area contributed by atoms with Crippen LogP contribution >= 0.6 is 23.4 Å². The number of hydrogen-bond acceptors (Lipinski definition) is 5. The zero-order chi connectivity index (χ0) is 18.7. The van der Waals surface area contributed by atoms with E-state index in [0.717, 1.165) is 22.4 Å². The molecule has 5 nitrogen and oxygen atoms in total. The van der Waals surface area contributed by atoms with Crippen molar-refractivity contribution in [1.29, 1.82) is 0 Å². The van der Waals surface area contributed by atoms with Gasteiger partial charge in [0, 0.05) is 16.3 Å². The largest absolute Gasteiger partial charge is 0.411 e. The van der Waals surface area contributed by atoms with Crippen LogP contribution in [0.15, 0.2) is 52.1 Å². The van der Waals surface area contributed by atoms with Crippen molar-refractivity contribution in [2.45, 2.75) is 31.2 Å². The molecule has 3 rings (SSSR count). The van der Waals surface area contributed by atoms with Gasteiger partial charge in [-0.2, -0.15) is 0 Å². The third kappa shape index (κ3) is 4.26. The molecule has 1 aromatic heterocycles. The van der Waals surface area contributed by atoms with Crippen LogP contribution in [0.1, 0.15) is 18.1 Å². The fraction of sp³-hybridized carbons (Fsp3) is 0.211. The fourth-order valence-electron chi connectivity index (χ4n) is 2.41. The summed E-state index contributed by atoms with van der Waals surface area (Å²) >= 11 is 7.10. The van der Waals surface area contributed by atoms with Crippen molar-refractivity contribution in [2.24, 2.45) is 0 Å². The second-order valence-electron chi connectivity index (χ2n) is 5.90. The highest BCUT2D eigenvalue weighted by molar-refractivity contribution is 8.00. The first-order chi connectivity index (χ1) is 12.4.